The van der Waals surface area contributed by atoms with Crippen molar-refractivity contribution < 1.29 is 80.2 Å². The molecule has 4 aliphatic rings. The van der Waals surface area contributed by atoms with Gasteiger partial charge in [-0.2, -0.15) is 8.42 Å². The fourth-order valence-electron chi connectivity index (χ4n) is 12.5. The first kappa shape index (κ1) is 64.3. The third kappa shape index (κ3) is 14.7. The Balaban J connectivity index is 1.21. The second-order valence-electron chi connectivity index (χ2n) is 23.6. The maximum Gasteiger partial charge on any atom is 0.509 e. The van der Waals surface area contributed by atoms with E-state index in [-0.39, 0.29) is 55.2 Å². The molecule has 18 atom stereocenters. The summed E-state index contributed by atoms with van der Waals surface area (Å²) in [7, 11) is 2.85. The van der Waals surface area contributed by atoms with Crippen LogP contribution < -0.4 is 10.7 Å². The van der Waals surface area contributed by atoms with Gasteiger partial charge in [0.2, 0.25) is 5.43 Å². The van der Waals surface area contributed by atoms with Gasteiger partial charge < -0.3 is 68.0 Å². The van der Waals surface area contributed by atoms with Crippen LogP contribution in [-0.4, -0.2) is 200 Å². The number of carboxylic acid groups (broad SMARTS) is 1. The molecule has 0 spiro atoms. The molecule has 22 nitrogen and oxygen atoms in total. The van der Waals surface area contributed by atoms with E-state index >= 15 is 0 Å². The normalized spacial score (nSPS) is 37.4. The smallest absolute Gasteiger partial charge is 0.477 e. The van der Waals surface area contributed by atoms with E-state index in [4.69, 9.17) is 42.1 Å². The van der Waals surface area contributed by atoms with Crippen LogP contribution >= 0.6 is 0 Å². The molecule has 79 heavy (non-hydrogen) atoms. The van der Waals surface area contributed by atoms with Crippen LogP contribution in [0.25, 0.3) is 10.9 Å². The van der Waals surface area contributed by atoms with E-state index in [1.165, 1.54) is 13.3 Å². The summed E-state index contributed by atoms with van der Waals surface area (Å²) < 4.78 is 85.7. The van der Waals surface area contributed by atoms with E-state index in [0.29, 0.717) is 49.8 Å². The van der Waals surface area contributed by atoms with Crippen molar-refractivity contribution in [1.29, 1.82) is 0 Å². The molecule has 4 aliphatic heterocycles. The number of aliphatic hydroxyl groups is 2. The molecule has 4 fully saturated rings. The minimum Gasteiger partial charge on any atom is -0.477 e. The molecule has 1 aromatic carbocycles. The highest BCUT2D eigenvalue weighted by Crippen LogP contribution is 2.43. The zero-order valence-electron chi connectivity index (χ0n) is 49.0. The Morgan fingerprint density at radius 2 is 1.66 bits per heavy atom. The van der Waals surface area contributed by atoms with Gasteiger partial charge in [-0.25, -0.2) is 9.59 Å². The van der Waals surface area contributed by atoms with Crippen molar-refractivity contribution in [2.75, 3.05) is 53.6 Å². The van der Waals surface area contributed by atoms with E-state index < -0.39 is 124 Å². The number of carbonyl (C=O) groups excluding carboxylic acids is 2. The predicted molar refractivity (Wildman–Crippen MR) is 292 cm³/mol. The van der Waals surface area contributed by atoms with Crippen LogP contribution in [-0.2, 0) is 70.0 Å². The largest absolute Gasteiger partial charge is 0.509 e. The number of hydrogen-bond acceptors (Lipinski definition) is 20. The van der Waals surface area contributed by atoms with Gasteiger partial charge in [-0.3, -0.25) is 18.7 Å². The molecule has 0 bridgehead atoms. The summed E-state index contributed by atoms with van der Waals surface area (Å²) in [5, 5.41) is 37.7. The van der Waals surface area contributed by atoms with Crippen LogP contribution in [0.5, 0.6) is 0 Å². The highest BCUT2D eigenvalue weighted by molar-refractivity contribution is 7.86. The Morgan fingerprint density at radius 3 is 2.29 bits per heavy atom. The molecule has 0 aliphatic carbocycles. The monoisotopic (exact) mass is 1140 g/mol. The molecule has 2 aromatic rings. The summed E-state index contributed by atoms with van der Waals surface area (Å²) >= 11 is 0. The molecular formula is C56H90N4O18S. The summed E-state index contributed by atoms with van der Waals surface area (Å²) in [6, 6.07) is 4.65. The van der Waals surface area contributed by atoms with Gasteiger partial charge in [0, 0.05) is 62.7 Å². The number of aliphatic hydroxyl groups excluding tert-OH is 1. The minimum atomic E-state index is -4.20. The van der Waals surface area contributed by atoms with Crippen LogP contribution in [0.3, 0.4) is 0 Å². The topological polar surface area (TPSA) is 270 Å². The number of aryl methyl sites for hydroxylation is 2. The Bertz CT molecular complexity index is 2600. The van der Waals surface area contributed by atoms with Crippen LogP contribution in [0.15, 0.2) is 29.2 Å². The van der Waals surface area contributed by atoms with E-state index in [2.05, 4.69) is 5.32 Å². The number of aromatic carboxylic acids is 1. The molecule has 0 unspecified atom stereocenters. The van der Waals surface area contributed by atoms with Crippen molar-refractivity contribution in [2.45, 2.75) is 212 Å². The number of cyclic esters (lactones) is 1. The first-order valence-electron chi connectivity index (χ1n) is 28.0. The number of benzene rings is 1. The number of carboxylic acids is 1. The lowest BCUT2D eigenvalue weighted by atomic mass is 9.77. The van der Waals surface area contributed by atoms with Crippen molar-refractivity contribution in [1.82, 2.24) is 19.7 Å². The van der Waals surface area contributed by atoms with Gasteiger partial charge in [0.25, 0.3) is 10.1 Å². The number of pyridine rings is 1. The molecular weight excluding hydrogens is 1050 g/mol. The maximum absolute atomic E-state index is 14.8. The molecule has 1 aromatic heterocycles. The number of fused-ring (bicyclic) bond motifs is 2. The lowest BCUT2D eigenvalue weighted by Gasteiger charge is -2.49. The van der Waals surface area contributed by atoms with E-state index in [1.807, 2.05) is 71.6 Å². The second kappa shape index (κ2) is 26.2. The quantitative estimate of drug-likeness (QED) is 0.0895. The average Bonchev–Trinajstić information content (AvgIpc) is 3.69. The molecule has 5 heterocycles. The Labute approximate surface area is 466 Å². The van der Waals surface area contributed by atoms with Gasteiger partial charge in [0.15, 0.2) is 24.3 Å². The molecule has 6 rings (SSSR count). The number of esters is 1. The van der Waals surface area contributed by atoms with Gasteiger partial charge in [0.1, 0.15) is 23.9 Å². The predicted octanol–water partition coefficient (Wildman–Crippen LogP) is 4.69. The summed E-state index contributed by atoms with van der Waals surface area (Å²) in [5.74, 6) is -4.57. The number of aromatic nitrogens is 1. The molecule has 0 saturated carbocycles. The Morgan fingerprint density at radius 1 is 0.962 bits per heavy atom. The molecule has 448 valence electrons. The van der Waals surface area contributed by atoms with Gasteiger partial charge >= 0.3 is 18.1 Å². The fraction of sp³-hybridized carbons (Fsp3) is 0.786. The summed E-state index contributed by atoms with van der Waals surface area (Å²) in [4.78, 5) is 56.4. The maximum atomic E-state index is 14.8. The van der Waals surface area contributed by atoms with Gasteiger partial charge in [-0.05, 0) is 139 Å². The summed E-state index contributed by atoms with van der Waals surface area (Å²) in [6.07, 6.45) is -7.52. The number of likely N-dealkylation sites (N-methyl/N-ethyl adjacent to an activating group) is 2. The van der Waals surface area contributed by atoms with Crippen LogP contribution in [0, 0.1) is 17.8 Å². The Kier molecular flexibility index (Phi) is 21.3. The average molecular weight is 1140 g/mol. The summed E-state index contributed by atoms with van der Waals surface area (Å²) in [6.45, 7) is 21.0. The first-order valence-corrected chi connectivity index (χ1v) is 29.5. The number of nitrogens with zero attached hydrogens (tertiary/aromatic N) is 3. The molecule has 23 heteroatoms. The first-order chi connectivity index (χ1) is 36.9. The third-order valence-corrected chi connectivity index (χ3v) is 18.1. The lowest BCUT2D eigenvalue weighted by molar-refractivity contribution is -0.316. The number of nitrogens with one attached hydrogen (secondary N) is 1. The SMILES string of the molecule is CC[C@H]1OC(=O)[C@H](C)[C@@H](O[C@H]2C[C@@](C)(OC)[C@@H](OS(=O)(=O)CCNCCCc3ccc4c(c3)c(=O)c(C(=O)O)cn4CC)[C@H](C)O2)[C@H](C)[C@H](O[C@@H]2O[C@H](C)C[C@H](N(C)C)[C@H]2O)[C@](C)(O)C[C@@H](C)CN(C)[C@H](C)[C@H]2OC(=O)O[C@@]21C. The highest BCUT2D eigenvalue weighted by atomic mass is 32.2. The second-order valence-corrected chi connectivity index (χ2v) is 25.3. The van der Waals surface area contributed by atoms with Crippen LogP contribution in [0.4, 0.5) is 4.79 Å². The standard InChI is InChI=1S/C56H90N4O18S/c1-16-42-56(11)48(76-53(66)77-56)35(7)59(14)29-31(3)27-54(9,67)47(75-52-45(62)41(58(12)13)25-32(4)71-52)33(5)46(34(6)51(65)73-42)74-43-28-55(10,70-15)49(36(8)72-43)78-79(68,69)24-23-57-22-18-19-37-20-21-40-38(26-37)44(61)39(50(63)64)30-60(40)17-2/h20-21,26,30-36,41-43,45-49,52,57,62,67H,16-19,22-25,27-29H2,1-15H3,(H,63,64)/t31-,32-,33+,34-,35-,36+,41+,42-,43+,45-,46+,47+,48-,49+,52+,54-,55-,56-/m1/s1. The van der Waals surface area contributed by atoms with Crippen molar-refractivity contribution in [3.8, 4) is 0 Å². The number of hydrogen-bond donors (Lipinski definition) is 4. The molecule has 0 radical (unpaired) electrons. The van der Waals surface area contributed by atoms with Crippen LogP contribution in [0.1, 0.15) is 124 Å². The number of rotatable bonds is 18. The Hall–Kier alpha value is -3.85. The summed E-state index contributed by atoms with van der Waals surface area (Å²) in [5.41, 5.74) is -3.75. The van der Waals surface area contributed by atoms with Crippen molar-refractivity contribution in [3.05, 3.63) is 45.7 Å². The van der Waals surface area contributed by atoms with E-state index in [1.54, 1.807) is 58.2 Å². The minimum absolute atomic E-state index is 0.0570. The number of carbonyl (C=O) groups is 3. The van der Waals surface area contributed by atoms with E-state index in [9.17, 15) is 42.9 Å². The van der Waals surface area contributed by atoms with Crippen molar-refractivity contribution in [2.24, 2.45) is 17.8 Å². The lowest BCUT2D eigenvalue weighted by Crippen LogP contribution is -2.61. The van der Waals surface area contributed by atoms with Crippen LogP contribution in [0.2, 0.25) is 0 Å². The van der Waals surface area contributed by atoms with Gasteiger partial charge in [-0.1, -0.05) is 26.8 Å². The highest BCUT2D eigenvalue weighted by Gasteiger charge is 2.58. The van der Waals surface area contributed by atoms with Gasteiger partial charge in [-0.15, -0.1) is 0 Å². The third-order valence-electron chi connectivity index (χ3n) is 16.9. The number of methoxy groups -OCH3 is 1. The van der Waals surface area contributed by atoms with Crippen molar-refractivity contribution in [3.63, 3.8) is 0 Å². The zero-order valence-corrected chi connectivity index (χ0v) is 49.8. The van der Waals surface area contributed by atoms with E-state index in [0.717, 1.165) is 5.56 Å². The molecule has 4 saturated heterocycles. The molecule has 0 amide bonds. The zero-order chi connectivity index (χ0) is 58.7. The van der Waals surface area contributed by atoms with Gasteiger partial charge in [0.05, 0.1) is 52.8 Å². The van der Waals surface area contributed by atoms with Crippen molar-refractivity contribution >= 4 is 39.1 Å². The molecule has 4 N–H and O–H groups in total. The number of ether oxygens (including phenoxy) is 8. The fourth-order valence-corrected chi connectivity index (χ4v) is 13.6.